The van der Waals surface area contributed by atoms with Gasteiger partial charge in [-0.2, -0.15) is 0 Å². The number of nitrogen functional groups attached to an aromatic ring is 4. The second-order valence-electron chi connectivity index (χ2n) is 20.2. The average molecular weight is 1350 g/mol. The van der Waals surface area contributed by atoms with Crippen LogP contribution in [0.4, 0.5) is 23.3 Å². The number of nitrogens with zero attached hydrogens (tertiary/aromatic N) is 16. The summed E-state index contributed by atoms with van der Waals surface area (Å²) in [6.45, 7) is -3.81. The molecule has 12 heterocycles. The molecule has 45 nitrogen and oxygen atoms in total. The SMILES string of the molecule is Nc1ncnc2c1ncn2[C@@H]1O[C@H](COCP(=O)(O)O[C@@H]2[C@H](O)[C@@H](COP(=O)(O)O[C@@H]3[C@H](O)[C@@H](COP(=O)(O)O[C@@H]4[C@H](O)[C@@H](COP(=O)(O)O)O[C@H]4n4cnc5c(N)ncnc54)O[C@H]3n3cnc4c(N)ncnc43)O[C@H]2n2cnc3c(N)ncnc32)[C@@H](O)[C@@H]1O. The van der Waals surface area contributed by atoms with Gasteiger partial charge in [-0.25, -0.2) is 73.5 Å². The van der Waals surface area contributed by atoms with Gasteiger partial charge in [-0.3, -0.25) is 50.0 Å². The molecule has 486 valence electrons. The van der Waals surface area contributed by atoms with Crippen LogP contribution in [0.2, 0.25) is 0 Å². The lowest BCUT2D eigenvalue weighted by Crippen LogP contribution is -2.37. The first-order valence-corrected chi connectivity index (χ1v) is 32.3. The summed E-state index contributed by atoms with van der Waals surface area (Å²) in [6, 6.07) is 0. The molecule has 0 saturated carbocycles. The Morgan fingerprint density at radius 1 is 0.400 bits per heavy atom. The molecular formula is C41H52N20O25P4. The van der Waals surface area contributed by atoms with Crippen molar-refractivity contribution in [2.75, 3.05) is 55.7 Å². The van der Waals surface area contributed by atoms with Crippen LogP contribution in [0.1, 0.15) is 24.9 Å². The smallest absolute Gasteiger partial charge is 0.387 e. The number of aliphatic hydroxyl groups is 5. The third kappa shape index (κ3) is 12.5. The second-order valence-corrected chi connectivity index (χ2v) is 26.0. The van der Waals surface area contributed by atoms with E-state index in [4.69, 9.17) is 69.2 Å². The molecule has 8 aromatic rings. The number of phosphoric acid groups is 3. The standard InChI is InChI=1S/C41H52N20O25P4/c42-30-18-34(50-5-46-30)58(9-54-18)38-26(66)22(62)14(80-38)1-76-13-87(67,68)84-27-23(63)16(82-39(27)59-10-55-19-31(43)47-6-51-35(19)59)3-78-89(72,73)86-29-25(65)17(83-41(29)61-12-57-21-33(45)49-8-53-37(21)61)4-79-90(74,75)85-28-24(64)15(2-77-88(69,70)71)81-40(28)60-11-56-20-32(44)48-7-52-36(20)60/h5-12,14-17,22-29,38-41,62-66H,1-4,13H2,(H,67,68)(H,72,73)(H,74,75)(H2,42,46,50)(H2,43,47,51)(H2,44,48,52)(H2,45,49,53)(H2,69,70,71)/t14-,15-,16-,17-,22-,23-,24-,25-,26+,27-,28-,29-,38-,39-,40-,41-/m1/s1. The molecule has 0 amide bonds. The topological polar surface area (TPSA) is 651 Å². The number of hydrogen-bond acceptors (Lipinski definition) is 36. The zero-order valence-corrected chi connectivity index (χ0v) is 48.8. The van der Waals surface area contributed by atoms with Crippen molar-refractivity contribution in [2.24, 2.45) is 0 Å². The van der Waals surface area contributed by atoms with E-state index >= 15 is 0 Å². The highest BCUT2D eigenvalue weighted by atomic mass is 31.2. The molecule has 0 spiro atoms. The van der Waals surface area contributed by atoms with Crippen molar-refractivity contribution >= 4 is 99.0 Å². The Morgan fingerprint density at radius 3 is 1.07 bits per heavy atom. The Morgan fingerprint density at radius 2 is 0.711 bits per heavy atom. The number of nitrogens with two attached hydrogens (primary N) is 4. The lowest BCUT2D eigenvalue weighted by atomic mass is 10.1. The maximum absolute atomic E-state index is 14.1. The number of hydrogen-bond donors (Lipinski definition) is 14. The van der Waals surface area contributed by atoms with Gasteiger partial charge >= 0.3 is 31.1 Å². The first-order chi connectivity index (χ1) is 42.7. The van der Waals surface area contributed by atoms with Gasteiger partial charge in [-0.1, -0.05) is 0 Å². The minimum absolute atomic E-state index is 0.0116. The number of imidazole rings is 4. The number of ether oxygens (including phenoxy) is 5. The first-order valence-electron chi connectivity index (χ1n) is 26.0. The van der Waals surface area contributed by atoms with Gasteiger partial charge in [0.05, 0.1) is 51.7 Å². The van der Waals surface area contributed by atoms with Crippen LogP contribution in [0.25, 0.3) is 44.7 Å². The maximum Gasteiger partial charge on any atom is 0.472 e. The Balaban J connectivity index is 0.740. The van der Waals surface area contributed by atoms with E-state index in [1.54, 1.807) is 0 Å². The molecule has 0 radical (unpaired) electrons. The Hall–Kier alpha value is -6.52. The summed E-state index contributed by atoms with van der Waals surface area (Å²) < 4.78 is 119. The molecule has 12 rings (SSSR count). The van der Waals surface area contributed by atoms with Gasteiger partial charge in [0, 0.05) is 0 Å². The highest BCUT2D eigenvalue weighted by Crippen LogP contribution is 2.54. The van der Waals surface area contributed by atoms with Crippen molar-refractivity contribution < 1.29 is 119 Å². The quantitative estimate of drug-likeness (QED) is 0.0270. The lowest BCUT2D eigenvalue weighted by molar-refractivity contribution is -0.0651. The third-order valence-electron chi connectivity index (χ3n) is 14.5. The van der Waals surface area contributed by atoms with Crippen LogP contribution in [0, 0.1) is 0 Å². The number of aliphatic hydroxyl groups excluding tert-OH is 5. The number of anilines is 4. The first kappa shape index (κ1) is 63.6. The Bertz CT molecular complexity index is 4170. The molecule has 0 aliphatic carbocycles. The fourth-order valence-electron chi connectivity index (χ4n) is 10.3. The zero-order valence-electron chi connectivity index (χ0n) is 45.2. The fraction of sp³-hybridized carbons (Fsp3) is 0.512. The van der Waals surface area contributed by atoms with Crippen LogP contribution >= 0.6 is 31.1 Å². The van der Waals surface area contributed by atoms with Crippen molar-refractivity contribution in [3.05, 3.63) is 50.6 Å². The third-order valence-corrected chi connectivity index (χ3v) is 18.0. The van der Waals surface area contributed by atoms with Crippen LogP contribution in [-0.4, -0.2) is 234 Å². The van der Waals surface area contributed by atoms with Crippen molar-refractivity contribution in [1.82, 2.24) is 78.1 Å². The summed E-state index contributed by atoms with van der Waals surface area (Å²) in [5, 5.41) is 56.7. The van der Waals surface area contributed by atoms with Gasteiger partial charge in [0.1, 0.15) is 127 Å². The zero-order chi connectivity index (χ0) is 63.9. The van der Waals surface area contributed by atoms with E-state index in [1.165, 1.54) is 10.9 Å². The van der Waals surface area contributed by atoms with Crippen molar-refractivity contribution in [1.29, 1.82) is 0 Å². The summed E-state index contributed by atoms with van der Waals surface area (Å²) in [4.78, 5) is 101. The summed E-state index contributed by atoms with van der Waals surface area (Å²) in [5.41, 5.74) is 24.0. The molecule has 3 unspecified atom stereocenters. The van der Waals surface area contributed by atoms with E-state index in [0.29, 0.717) is 0 Å². The molecule has 4 fully saturated rings. The number of rotatable bonds is 23. The van der Waals surface area contributed by atoms with Crippen molar-refractivity contribution in [2.45, 2.75) is 98.2 Å². The number of phosphoric ester groups is 3. The minimum Gasteiger partial charge on any atom is -0.387 e. The molecule has 4 saturated heterocycles. The van der Waals surface area contributed by atoms with Crippen LogP contribution in [0.3, 0.4) is 0 Å². The number of fused-ring (bicyclic) bond motifs is 4. The van der Waals surface area contributed by atoms with Gasteiger partial charge in [0.25, 0.3) is 0 Å². The predicted molar refractivity (Wildman–Crippen MR) is 289 cm³/mol. The van der Waals surface area contributed by atoms with E-state index < -0.39 is 162 Å². The fourth-order valence-corrected chi connectivity index (χ4v) is 13.5. The monoisotopic (exact) mass is 1350 g/mol. The van der Waals surface area contributed by atoms with Crippen LogP contribution in [0.5, 0.6) is 0 Å². The highest BCUT2D eigenvalue weighted by molar-refractivity contribution is 7.52. The minimum atomic E-state index is -5.61. The van der Waals surface area contributed by atoms with Gasteiger partial charge in [0.2, 0.25) is 0 Å². The Kier molecular flexibility index (Phi) is 17.3. The molecule has 18 N–H and O–H groups in total. The summed E-state index contributed by atoms with van der Waals surface area (Å²) in [5.74, 6) is -0.331. The molecule has 19 atom stereocenters. The van der Waals surface area contributed by atoms with Crippen molar-refractivity contribution in [3.8, 4) is 0 Å². The van der Waals surface area contributed by atoms with Gasteiger partial charge in [-0.15, -0.1) is 0 Å². The lowest BCUT2D eigenvalue weighted by Gasteiger charge is -2.25. The highest BCUT2D eigenvalue weighted by Gasteiger charge is 2.55. The summed E-state index contributed by atoms with van der Waals surface area (Å²) in [6.07, 6.45) is -20.6. The van der Waals surface area contributed by atoms with E-state index in [9.17, 15) is 68.3 Å². The van der Waals surface area contributed by atoms with Crippen LogP contribution in [-0.2, 0) is 69.1 Å². The molecule has 4 aliphatic heterocycles. The van der Waals surface area contributed by atoms with E-state index in [0.717, 1.165) is 58.0 Å². The molecular weight excluding hydrogens is 1300 g/mol. The summed E-state index contributed by atoms with van der Waals surface area (Å²) >= 11 is 0. The average Bonchev–Trinajstić information content (AvgIpc) is 1.64. The summed E-state index contributed by atoms with van der Waals surface area (Å²) in [7, 11) is -21.4. The maximum atomic E-state index is 14.1. The largest absolute Gasteiger partial charge is 0.472 e. The molecule has 49 heteroatoms. The van der Waals surface area contributed by atoms with Gasteiger partial charge in [0.15, 0.2) is 70.8 Å². The molecule has 0 aromatic carbocycles. The van der Waals surface area contributed by atoms with E-state index in [-0.39, 0.29) is 67.9 Å². The molecule has 0 bridgehead atoms. The van der Waals surface area contributed by atoms with Crippen LogP contribution < -0.4 is 22.9 Å². The van der Waals surface area contributed by atoms with Crippen LogP contribution in [0.15, 0.2) is 50.6 Å². The normalized spacial score (nSPS) is 31.1. The Labute approximate surface area is 499 Å². The van der Waals surface area contributed by atoms with E-state index in [2.05, 4.69) is 64.3 Å². The van der Waals surface area contributed by atoms with Gasteiger partial charge in [-0.05, 0) is 0 Å². The van der Waals surface area contributed by atoms with Crippen molar-refractivity contribution in [3.63, 3.8) is 0 Å². The van der Waals surface area contributed by atoms with Gasteiger partial charge < -0.3 is 96.6 Å². The second kappa shape index (κ2) is 24.5. The predicted octanol–water partition coefficient (Wildman–Crippen LogP) is -4.27. The van der Waals surface area contributed by atoms with E-state index in [1.807, 2.05) is 0 Å². The molecule has 8 aromatic heterocycles. The molecule has 4 aliphatic rings. The molecule has 90 heavy (non-hydrogen) atoms. The number of aromatic nitrogens is 16.